The zero-order chi connectivity index (χ0) is 15.5. The molecule has 0 saturated heterocycles. The summed E-state index contributed by atoms with van der Waals surface area (Å²) in [6.45, 7) is 3.95. The Morgan fingerprint density at radius 1 is 1.24 bits per heavy atom. The average molecular weight is 289 g/mol. The SMILES string of the molecule is C=C(CNC=O)NC(Cc1ccccc1)C(=O)NCC=O. The molecule has 3 N–H and O–H groups in total. The van der Waals surface area contributed by atoms with Gasteiger partial charge in [-0.05, 0) is 5.56 Å². The third-order valence-electron chi connectivity index (χ3n) is 2.74. The zero-order valence-corrected chi connectivity index (χ0v) is 11.7. The molecular formula is C15H19N3O3. The van der Waals surface area contributed by atoms with Gasteiger partial charge < -0.3 is 20.7 Å². The average Bonchev–Trinajstić information content (AvgIpc) is 2.51. The summed E-state index contributed by atoms with van der Waals surface area (Å²) in [6.07, 6.45) is 1.64. The fourth-order valence-electron chi connectivity index (χ4n) is 1.79. The van der Waals surface area contributed by atoms with Gasteiger partial charge in [0.1, 0.15) is 12.3 Å². The van der Waals surface area contributed by atoms with Crippen LogP contribution in [0.1, 0.15) is 5.56 Å². The van der Waals surface area contributed by atoms with E-state index >= 15 is 0 Å². The van der Waals surface area contributed by atoms with Gasteiger partial charge in [0.05, 0.1) is 13.1 Å². The molecule has 0 spiro atoms. The minimum absolute atomic E-state index is 0.0368. The van der Waals surface area contributed by atoms with Crippen LogP contribution in [0, 0.1) is 0 Å². The molecule has 1 atom stereocenters. The van der Waals surface area contributed by atoms with Crippen molar-refractivity contribution in [3.8, 4) is 0 Å². The topological polar surface area (TPSA) is 87.3 Å². The van der Waals surface area contributed by atoms with Gasteiger partial charge in [0.25, 0.3) is 0 Å². The zero-order valence-electron chi connectivity index (χ0n) is 11.7. The predicted molar refractivity (Wildman–Crippen MR) is 79.4 cm³/mol. The molecule has 0 bridgehead atoms. The van der Waals surface area contributed by atoms with Crippen molar-refractivity contribution in [3.63, 3.8) is 0 Å². The fourth-order valence-corrected chi connectivity index (χ4v) is 1.79. The Bertz CT molecular complexity index is 488. The van der Waals surface area contributed by atoms with Gasteiger partial charge in [-0.2, -0.15) is 0 Å². The second kappa shape index (κ2) is 9.30. The van der Waals surface area contributed by atoms with Crippen molar-refractivity contribution in [1.29, 1.82) is 0 Å². The van der Waals surface area contributed by atoms with Crippen LogP contribution in [0.5, 0.6) is 0 Å². The van der Waals surface area contributed by atoms with Crippen LogP contribution in [0.15, 0.2) is 42.6 Å². The minimum atomic E-state index is -0.562. The molecular weight excluding hydrogens is 270 g/mol. The van der Waals surface area contributed by atoms with Crippen LogP contribution in [0.2, 0.25) is 0 Å². The molecule has 0 aliphatic rings. The molecule has 0 aromatic heterocycles. The first kappa shape index (κ1) is 16.4. The van der Waals surface area contributed by atoms with E-state index in [2.05, 4.69) is 22.5 Å². The summed E-state index contributed by atoms with van der Waals surface area (Å²) in [7, 11) is 0. The molecule has 0 radical (unpaired) electrons. The lowest BCUT2D eigenvalue weighted by molar-refractivity contribution is -0.124. The molecule has 6 heteroatoms. The number of aldehydes is 1. The molecule has 112 valence electrons. The van der Waals surface area contributed by atoms with Crippen LogP contribution in [0.4, 0.5) is 0 Å². The van der Waals surface area contributed by atoms with Crippen molar-refractivity contribution in [3.05, 3.63) is 48.2 Å². The molecule has 0 aliphatic heterocycles. The van der Waals surface area contributed by atoms with Crippen LogP contribution in [0.25, 0.3) is 0 Å². The molecule has 6 nitrogen and oxygen atoms in total. The van der Waals surface area contributed by atoms with Crippen molar-refractivity contribution in [2.24, 2.45) is 0 Å². The van der Waals surface area contributed by atoms with E-state index in [1.54, 1.807) is 0 Å². The number of rotatable bonds is 10. The molecule has 0 heterocycles. The quantitative estimate of drug-likeness (QED) is 0.519. The molecule has 0 saturated carbocycles. The first-order valence-electron chi connectivity index (χ1n) is 6.54. The molecule has 1 aromatic rings. The summed E-state index contributed by atoms with van der Waals surface area (Å²) in [5, 5.41) is 7.95. The van der Waals surface area contributed by atoms with Crippen LogP contribution in [-0.4, -0.2) is 37.7 Å². The van der Waals surface area contributed by atoms with E-state index in [1.807, 2.05) is 30.3 Å². The monoisotopic (exact) mass is 289 g/mol. The van der Waals surface area contributed by atoms with Crippen LogP contribution in [0.3, 0.4) is 0 Å². The summed E-state index contributed by atoms with van der Waals surface area (Å²) in [5.74, 6) is -0.293. The summed E-state index contributed by atoms with van der Waals surface area (Å²) in [5.41, 5.74) is 1.50. The van der Waals surface area contributed by atoms with Gasteiger partial charge in [0, 0.05) is 12.1 Å². The lowest BCUT2D eigenvalue weighted by Gasteiger charge is -2.20. The van der Waals surface area contributed by atoms with E-state index in [-0.39, 0.29) is 19.0 Å². The fraction of sp³-hybridized carbons (Fsp3) is 0.267. The van der Waals surface area contributed by atoms with Gasteiger partial charge in [-0.15, -0.1) is 0 Å². The first-order valence-corrected chi connectivity index (χ1v) is 6.54. The molecule has 1 aromatic carbocycles. The van der Waals surface area contributed by atoms with E-state index in [1.165, 1.54) is 0 Å². The van der Waals surface area contributed by atoms with E-state index in [0.717, 1.165) is 5.56 Å². The maximum absolute atomic E-state index is 12.1. The number of benzene rings is 1. The Hall–Kier alpha value is -2.63. The van der Waals surface area contributed by atoms with Gasteiger partial charge in [-0.1, -0.05) is 36.9 Å². The maximum Gasteiger partial charge on any atom is 0.243 e. The van der Waals surface area contributed by atoms with Crippen molar-refractivity contribution >= 4 is 18.6 Å². The lowest BCUT2D eigenvalue weighted by atomic mass is 10.0. The van der Waals surface area contributed by atoms with Crippen LogP contribution in [-0.2, 0) is 20.8 Å². The van der Waals surface area contributed by atoms with Crippen molar-refractivity contribution in [2.45, 2.75) is 12.5 Å². The van der Waals surface area contributed by atoms with Crippen molar-refractivity contribution in [2.75, 3.05) is 13.1 Å². The Balaban J connectivity index is 2.69. The first-order chi connectivity index (χ1) is 10.2. The minimum Gasteiger partial charge on any atom is -0.376 e. The Morgan fingerprint density at radius 3 is 2.57 bits per heavy atom. The smallest absolute Gasteiger partial charge is 0.243 e. The number of hydrogen-bond donors (Lipinski definition) is 3. The summed E-state index contributed by atoms with van der Waals surface area (Å²) < 4.78 is 0. The van der Waals surface area contributed by atoms with Gasteiger partial charge >= 0.3 is 0 Å². The number of carbonyl (C=O) groups excluding carboxylic acids is 3. The summed E-state index contributed by atoms with van der Waals surface area (Å²) >= 11 is 0. The molecule has 2 amide bonds. The molecule has 21 heavy (non-hydrogen) atoms. The van der Waals surface area contributed by atoms with Gasteiger partial charge in [-0.25, -0.2) is 0 Å². The van der Waals surface area contributed by atoms with E-state index in [4.69, 9.17) is 0 Å². The van der Waals surface area contributed by atoms with Gasteiger partial charge in [0.2, 0.25) is 12.3 Å². The van der Waals surface area contributed by atoms with E-state index in [0.29, 0.717) is 24.8 Å². The number of nitrogens with one attached hydrogen (secondary N) is 3. The Morgan fingerprint density at radius 2 is 1.95 bits per heavy atom. The van der Waals surface area contributed by atoms with Gasteiger partial charge in [0.15, 0.2) is 0 Å². The largest absolute Gasteiger partial charge is 0.376 e. The standard InChI is InChI=1S/C15H19N3O3/c1-12(10-16-11-20)18-14(15(21)17-7-8-19)9-13-5-3-2-4-6-13/h2-6,8,11,14,18H,1,7,9-10H2,(H,16,20)(H,17,21). The maximum atomic E-state index is 12.1. The molecule has 0 fully saturated rings. The second-order valence-electron chi connectivity index (χ2n) is 4.40. The lowest BCUT2D eigenvalue weighted by Crippen LogP contribution is -2.46. The Kier molecular flexibility index (Phi) is 7.28. The van der Waals surface area contributed by atoms with Crippen LogP contribution < -0.4 is 16.0 Å². The third kappa shape index (κ3) is 6.38. The predicted octanol–water partition coefficient (Wildman–Crippen LogP) is -0.238. The molecule has 0 aliphatic carbocycles. The summed E-state index contributed by atoms with van der Waals surface area (Å²) in [6, 6.07) is 8.93. The van der Waals surface area contributed by atoms with Crippen molar-refractivity contribution in [1.82, 2.24) is 16.0 Å². The number of carbonyl (C=O) groups is 3. The number of hydrogen-bond acceptors (Lipinski definition) is 4. The highest BCUT2D eigenvalue weighted by Gasteiger charge is 2.18. The molecule has 1 unspecified atom stereocenters. The van der Waals surface area contributed by atoms with Gasteiger partial charge in [-0.3, -0.25) is 9.59 Å². The highest BCUT2D eigenvalue weighted by Crippen LogP contribution is 2.04. The van der Waals surface area contributed by atoms with E-state index in [9.17, 15) is 14.4 Å². The highest BCUT2D eigenvalue weighted by molar-refractivity contribution is 5.84. The number of amides is 2. The Labute approximate surface area is 123 Å². The normalized spacial score (nSPS) is 11.0. The van der Waals surface area contributed by atoms with Crippen molar-refractivity contribution < 1.29 is 14.4 Å². The third-order valence-corrected chi connectivity index (χ3v) is 2.74. The highest BCUT2D eigenvalue weighted by atomic mass is 16.2. The van der Waals surface area contributed by atoms with Crippen LogP contribution >= 0.6 is 0 Å². The summed E-state index contributed by atoms with van der Waals surface area (Å²) in [4.78, 5) is 32.7. The molecule has 1 rings (SSSR count). The second-order valence-corrected chi connectivity index (χ2v) is 4.40. The van der Waals surface area contributed by atoms with E-state index < -0.39 is 6.04 Å².